The van der Waals surface area contributed by atoms with Crippen molar-refractivity contribution >= 4 is 28.3 Å². The molecule has 0 aliphatic rings. The van der Waals surface area contributed by atoms with E-state index in [0.717, 1.165) is 10.8 Å². The van der Waals surface area contributed by atoms with Gasteiger partial charge in [-0.25, -0.2) is 4.79 Å². The Hall–Kier alpha value is -1.54. The van der Waals surface area contributed by atoms with Crippen molar-refractivity contribution < 1.29 is 9.53 Å². The van der Waals surface area contributed by atoms with Crippen LogP contribution in [0.4, 0.5) is 0 Å². The first kappa shape index (κ1) is 9.99. The highest BCUT2D eigenvalue weighted by Crippen LogP contribution is 2.19. The lowest BCUT2D eigenvalue weighted by Gasteiger charge is -2.04. The number of hydrogen-bond acceptors (Lipinski definition) is 2. The Bertz CT molecular complexity index is 488. The fourth-order valence-corrected chi connectivity index (χ4v) is 1.63. The van der Waals surface area contributed by atoms with E-state index >= 15 is 0 Å². The SMILES string of the molecule is O=C(OCCl)c1cccc2ccccc12. The second-order valence-electron chi connectivity index (χ2n) is 3.07. The van der Waals surface area contributed by atoms with E-state index in [1.807, 2.05) is 36.4 Å². The molecule has 0 aliphatic heterocycles. The monoisotopic (exact) mass is 220 g/mol. The maximum Gasteiger partial charge on any atom is 0.339 e. The van der Waals surface area contributed by atoms with Crippen LogP contribution in [-0.2, 0) is 4.74 Å². The molecule has 76 valence electrons. The van der Waals surface area contributed by atoms with Gasteiger partial charge < -0.3 is 4.74 Å². The molecule has 0 spiro atoms. The van der Waals surface area contributed by atoms with E-state index < -0.39 is 0 Å². The van der Waals surface area contributed by atoms with E-state index in [1.54, 1.807) is 6.07 Å². The molecule has 0 fully saturated rings. The molecule has 0 atom stereocenters. The molecule has 0 aromatic heterocycles. The van der Waals surface area contributed by atoms with Crippen molar-refractivity contribution in [2.45, 2.75) is 0 Å². The van der Waals surface area contributed by atoms with Crippen LogP contribution >= 0.6 is 11.6 Å². The minimum Gasteiger partial charge on any atom is -0.446 e. The van der Waals surface area contributed by atoms with Crippen LogP contribution in [0.3, 0.4) is 0 Å². The zero-order valence-corrected chi connectivity index (χ0v) is 8.70. The molecule has 0 N–H and O–H groups in total. The third-order valence-corrected chi connectivity index (χ3v) is 2.30. The van der Waals surface area contributed by atoms with Gasteiger partial charge in [0.25, 0.3) is 0 Å². The Morgan fingerprint density at radius 1 is 1.13 bits per heavy atom. The van der Waals surface area contributed by atoms with Crippen molar-refractivity contribution in [3.8, 4) is 0 Å². The molecule has 0 saturated heterocycles. The van der Waals surface area contributed by atoms with Gasteiger partial charge in [0.05, 0.1) is 5.56 Å². The number of carbonyl (C=O) groups excluding carboxylic acids is 1. The van der Waals surface area contributed by atoms with Gasteiger partial charge >= 0.3 is 5.97 Å². The average molecular weight is 221 g/mol. The highest BCUT2D eigenvalue weighted by atomic mass is 35.5. The topological polar surface area (TPSA) is 26.3 Å². The lowest BCUT2D eigenvalue weighted by molar-refractivity contribution is 0.0576. The summed E-state index contributed by atoms with van der Waals surface area (Å²) < 4.78 is 4.76. The second kappa shape index (κ2) is 4.32. The minimum absolute atomic E-state index is 0.123. The Morgan fingerprint density at radius 2 is 1.87 bits per heavy atom. The Morgan fingerprint density at radius 3 is 2.67 bits per heavy atom. The predicted molar refractivity (Wildman–Crippen MR) is 60.1 cm³/mol. The van der Waals surface area contributed by atoms with Gasteiger partial charge in [0.2, 0.25) is 0 Å². The van der Waals surface area contributed by atoms with Gasteiger partial charge in [0.15, 0.2) is 6.07 Å². The lowest BCUT2D eigenvalue weighted by Crippen LogP contribution is -2.04. The van der Waals surface area contributed by atoms with Crippen molar-refractivity contribution in [2.24, 2.45) is 0 Å². The molecule has 0 saturated carbocycles. The molecule has 0 bridgehead atoms. The van der Waals surface area contributed by atoms with E-state index in [2.05, 4.69) is 0 Å². The van der Waals surface area contributed by atoms with Crippen molar-refractivity contribution in [3.05, 3.63) is 48.0 Å². The zero-order chi connectivity index (χ0) is 10.7. The van der Waals surface area contributed by atoms with Gasteiger partial charge in [-0.15, -0.1) is 0 Å². The Balaban J connectivity index is 2.56. The van der Waals surface area contributed by atoms with Crippen LogP contribution in [0.1, 0.15) is 10.4 Å². The quantitative estimate of drug-likeness (QED) is 0.574. The summed E-state index contributed by atoms with van der Waals surface area (Å²) >= 11 is 5.35. The second-order valence-corrected chi connectivity index (χ2v) is 3.29. The van der Waals surface area contributed by atoms with Crippen molar-refractivity contribution in [1.82, 2.24) is 0 Å². The first-order valence-electron chi connectivity index (χ1n) is 4.54. The third kappa shape index (κ3) is 1.95. The number of alkyl halides is 1. The fraction of sp³-hybridized carbons (Fsp3) is 0.0833. The Labute approximate surface area is 92.4 Å². The van der Waals surface area contributed by atoms with Gasteiger partial charge in [-0.2, -0.15) is 0 Å². The summed E-state index contributed by atoms with van der Waals surface area (Å²) in [4.78, 5) is 11.6. The molecular weight excluding hydrogens is 212 g/mol. The minimum atomic E-state index is -0.387. The number of halogens is 1. The third-order valence-electron chi connectivity index (χ3n) is 2.20. The van der Waals surface area contributed by atoms with Crippen LogP contribution in [0, 0.1) is 0 Å². The van der Waals surface area contributed by atoms with E-state index in [4.69, 9.17) is 16.3 Å². The summed E-state index contributed by atoms with van der Waals surface area (Å²) in [6.45, 7) is 0. The predicted octanol–water partition coefficient (Wildman–Crippen LogP) is 3.19. The molecule has 0 unspecified atom stereocenters. The molecule has 3 heteroatoms. The first-order chi connectivity index (χ1) is 7.33. The highest BCUT2D eigenvalue weighted by Gasteiger charge is 2.09. The van der Waals surface area contributed by atoms with Gasteiger partial charge in [-0.05, 0) is 16.8 Å². The summed E-state index contributed by atoms with van der Waals surface area (Å²) in [7, 11) is 0. The molecule has 2 rings (SSSR count). The molecule has 2 aromatic rings. The van der Waals surface area contributed by atoms with Gasteiger partial charge in [-0.3, -0.25) is 0 Å². The number of carbonyl (C=O) groups is 1. The smallest absolute Gasteiger partial charge is 0.339 e. The maximum atomic E-state index is 11.6. The van der Waals surface area contributed by atoms with Gasteiger partial charge in [-0.1, -0.05) is 48.0 Å². The normalized spacial score (nSPS) is 10.2. The molecule has 0 heterocycles. The first-order valence-corrected chi connectivity index (χ1v) is 5.07. The molecular formula is C12H9ClO2. The van der Waals surface area contributed by atoms with Crippen LogP contribution in [-0.4, -0.2) is 12.0 Å². The summed E-state index contributed by atoms with van der Waals surface area (Å²) in [5.74, 6) is -0.387. The molecule has 2 aromatic carbocycles. The Kier molecular flexibility index (Phi) is 2.88. The summed E-state index contributed by atoms with van der Waals surface area (Å²) in [5, 5.41) is 1.90. The number of ether oxygens (including phenoxy) is 1. The van der Waals surface area contributed by atoms with Crippen molar-refractivity contribution in [1.29, 1.82) is 0 Å². The van der Waals surface area contributed by atoms with Crippen molar-refractivity contribution in [2.75, 3.05) is 6.07 Å². The average Bonchev–Trinajstić information content (AvgIpc) is 2.28. The highest BCUT2D eigenvalue weighted by molar-refractivity contribution is 6.18. The molecule has 15 heavy (non-hydrogen) atoms. The molecule has 0 radical (unpaired) electrons. The van der Waals surface area contributed by atoms with Crippen LogP contribution in [0.25, 0.3) is 10.8 Å². The fourth-order valence-electron chi connectivity index (χ4n) is 1.53. The maximum absolute atomic E-state index is 11.6. The zero-order valence-electron chi connectivity index (χ0n) is 7.94. The van der Waals surface area contributed by atoms with Gasteiger partial charge in [0.1, 0.15) is 0 Å². The van der Waals surface area contributed by atoms with Crippen LogP contribution in [0.2, 0.25) is 0 Å². The van der Waals surface area contributed by atoms with Crippen LogP contribution in [0.15, 0.2) is 42.5 Å². The number of benzene rings is 2. The summed E-state index contributed by atoms with van der Waals surface area (Å²) in [6.07, 6.45) is 0. The van der Waals surface area contributed by atoms with Gasteiger partial charge in [0, 0.05) is 0 Å². The number of fused-ring (bicyclic) bond motifs is 1. The number of esters is 1. The number of hydrogen-bond donors (Lipinski definition) is 0. The standard InChI is InChI=1S/C12H9ClO2/c13-8-15-12(14)11-7-3-5-9-4-1-2-6-10(9)11/h1-7H,8H2. The van der Waals surface area contributed by atoms with Crippen LogP contribution in [0.5, 0.6) is 0 Å². The largest absolute Gasteiger partial charge is 0.446 e. The lowest BCUT2D eigenvalue weighted by atomic mass is 10.1. The summed E-state index contributed by atoms with van der Waals surface area (Å²) in [6, 6.07) is 13.0. The van der Waals surface area contributed by atoms with E-state index in [1.165, 1.54) is 0 Å². The van der Waals surface area contributed by atoms with E-state index in [-0.39, 0.29) is 12.0 Å². The van der Waals surface area contributed by atoms with Crippen molar-refractivity contribution in [3.63, 3.8) is 0 Å². The molecule has 0 aliphatic carbocycles. The molecule has 2 nitrogen and oxygen atoms in total. The van der Waals surface area contributed by atoms with Crippen LogP contribution < -0.4 is 0 Å². The summed E-state index contributed by atoms with van der Waals surface area (Å²) in [5.41, 5.74) is 0.550. The molecule has 0 amide bonds. The van der Waals surface area contributed by atoms with E-state index in [9.17, 15) is 4.79 Å². The van der Waals surface area contributed by atoms with E-state index in [0.29, 0.717) is 5.56 Å². The number of rotatable bonds is 2.